The second-order valence-electron chi connectivity index (χ2n) is 5.25. The van der Waals surface area contributed by atoms with E-state index in [9.17, 15) is 4.39 Å². The molecule has 0 amide bonds. The minimum atomic E-state index is -0.152. The van der Waals surface area contributed by atoms with Gasteiger partial charge in [0.15, 0.2) is 0 Å². The normalized spacial score (nSPS) is 43.8. The van der Waals surface area contributed by atoms with E-state index in [-0.39, 0.29) is 19.5 Å². The fourth-order valence-corrected chi connectivity index (χ4v) is 3.70. The zero-order chi connectivity index (χ0) is 10.2. The molecule has 2 heteroatoms. The SMILES string of the molecule is C.COC1CC2CCC(C1)C2(C)CCF. The molecule has 2 unspecified atom stereocenters. The van der Waals surface area contributed by atoms with Gasteiger partial charge in [-0.3, -0.25) is 4.39 Å². The molecule has 2 saturated carbocycles. The van der Waals surface area contributed by atoms with Crippen LogP contribution in [-0.4, -0.2) is 19.9 Å². The molecule has 2 atom stereocenters. The Bertz CT molecular complexity index is 191. The van der Waals surface area contributed by atoms with Crippen LogP contribution in [0.15, 0.2) is 0 Å². The lowest BCUT2D eigenvalue weighted by molar-refractivity contribution is -0.0232. The van der Waals surface area contributed by atoms with Crippen molar-refractivity contribution in [1.82, 2.24) is 0 Å². The van der Waals surface area contributed by atoms with E-state index in [2.05, 4.69) is 6.92 Å². The first-order valence-corrected chi connectivity index (χ1v) is 5.79. The van der Waals surface area contributed by atoms with Gasteiger partial charge in [0.1, 0.15) is 0 Å². The molecular weight excluding hydrogens is 191 g/mol. The molecule has 0 spiro atoms. The molecule has 2 rings (SSSR count). The smallest absolute Gasteiger partial charge is 0.0899 e. The van der Waals surface area contributed by atoms with Crippen LogP contribution < -0.4 is 0 Å². The maximum absolute atomic E-state index is 12.5. The summed E-state index contributed by atoms with van der Waals surface area (Å²) >= 11 is 0. The highest BCUT2D eigenvalue weighted by Crippen LogP contribution is 2.57. The molecule has 0 saturated heterocycles. The highest BCUT2D eigenvalue weighted by molar-refractivity contribution is 5.00. The Labute approximate surface area is 93.4 Å². The van der Waals surface area contributed by atoms with E-state index in [1.54, 1.807) is 0 Å². The molecule has 0 aromatic carbocycles. The summed E-state index contributed by atoms with van der Waals surface area (Å²) in [6.07, 6.45) is 6.11. The summed E-state index contributed by atoms with van der Waals surface area (Å²) in [5.41, 5.74) is 0.282. The summed E-state index contributed by atoms with van der Waals surface area (Å²) in [6.45, 7) is 2.14. The van der Waals surface area contributed by atoms with E-state index in [1.807, 2.05) is 7.11 Å². The van der Waals surface area contributed by atoms with Gasteiger partial charge < -0.3 is 4.74 Å². The zero-order valence-corrected chi connectivity index (χ0v) is 9.26. The Kier molecular flexibility index (Phi) is 4.16. The predicted octanol–water partition coefficient (Wildman–Crippen LogP) is 3.82. The summed E-state index contributed by atoms with van der Waals surface area (Å²) in [5.74, 6) is 1.42. The number of ether oxygens (including phenoxy) is 1. The number of alkyl halides is 1. The molecule has 0 heterocycles. The Morgan fingerprint density at radius 1 is 1.27 bits per heavy atom. The van der Waals surface area contributed by atoms with Crippen molar-refractivity contribution in [2.24, 2.45) is 17.3 Å². The van der Waals surface area contributed by atoms with E-state index in [4.69, 9.17) is 4.74 Å². The molecular formula is C13H25FO. The van der Waals surface area contributed by atoms with Crippen LogP contribution >= 0.6 is 0 Å². The van der Waals surface area contributed by atoms with Crippen LogP contribution in [0, 0.1) is 17.3 Å². The van der Waals surface area contributed by atoms with Crippen molar-refractivity contribution < 1.29 is 9.13 Å². The summed E-state index contributed by atoms with van der Waals surface area (Å²) in [7, 11) is 1.81. The molecule has 2 aliphatic rings. The lowest BCUT2D eigenvalue weighted by Crippen LogP contribution is -2.39. The molecule has 0 aromatic heterocycles. The van der Waals surface area contributed by atoms with E-state index >= 15 is 0 Å². The fraction of sp³-hybridized carbons (Fsp3) is 1.00. The van der Waals surface area contributed by atoms with Gasteiger partial charge in [-0.05, 0) is 49.4 Å². The third-order valence-corrected chi connectivity index (χ3v) is 4.79. The molecule has 0 aliphatic heterocycles. The average molecular weight is 216 g/mol. The van der Waals surface area contributed by atoms with Gasteiger partial charge in [0.05, 0.1) is 12.8 Å². The highest BCUT2D eigenvalue weighted by atomic mass is 19.1. The minimum absolute atomic E-state index is 0. The van der Waals surface area contributed by atoms with Crippen molar-refractivity contribution in [3.63, 3.8) is 0 Å². The Hall–Kier alpha value is -0.110. The van der Waals surface area contributed by atoms with Crippen LogP contribution in [0.25, 0.3) is 0 Å². The van der Waals surface area contributed by atoms with Crippen molar-refractivity contribution >= 4 is 0 Å². The van der Waals surface area contributed by atoms with Crippen LogP contribution in [0.2, 0.25) is 0 Å². The molecule has 0 N–H and O–H groups in total. The van der Waals surface area contributed by atoms with Crippen LogP contribution in [0.1, 0.15) is 46.5 Å². The van der Waals surface area contributed by atoms with Crippen molar-refractivity contribution in [2.45, 2.75) is 52.6 Å². The van der Waals surface area contributed by atoms with Crippen LogP contribution in [-0.2, 0) is 4.74 Å². The predicted molar refractivity (Wildman–Crippen MR) is 61.7 cm³/mol. The second-order valence-corrected chi connectivity index (χ2v) is 5.25. The van der Waals surface area contributed by atoms with Gasteiger partial charge in [0.25, 0.3) is 0 Å². The highest BCUT2D eigenvalue weighted by Gasteiger charge is 2.50. The number of methoxy groups -OCH3 is 1. The van der Waals surface area contributed by atoms with Gasteiger partial charge in [-0.15, -0.1) is 0 Å². The fourth-order valence-electron chi connectivity index (χ4n) is 3.70. The average Bonchev–Trinajstić information content (AvgIpc) is 2.42. The van der Waals surface area contributed by atoms with Gasteiger partial charge in [0.2, 0.25) is 0 Å². The van der Waals surface area contributed by atoms with Gasteiger partial charge in [-0.1, -0.05) is 14.4 Å². The summed E-state index contributed by atoms with van der Waals surface area (Å²) in [6, 6.07) is 0. The minimum Gasteiger partial charge on any atom is -0.381 e. The first-order valence-electron chi connectivity index (χ1n) is 5.79. The molecule has 0 radical (unpaired) electrons. The van der Waals surface area contributed by atoms with Crippen LogP contribution in [0.4, 0.5) is 4.39 Å². The van der Waals surface area contributed by atoms with Crippen molar-refractivity contribution in [1.29, 1.82) is 0 Å². The summed E-state index contributed by atoms with van der Waals surface area (Å²) < 4.78 is 18.0. The molecule has 2 aliphatic carbocycles. The monoisotopic (exact) mass is 216 g/mol. The van der Waals surface area contributed by atoms with Crippen LogP contribution in [0.3, 0.4) is 0 Å². The maximum atomic E-state index is 12.5. The van der Waals surface area contributed by atoms with Gasteiger partial charge in [-0.25, -0.2) is 0 Å². The summed E-state index contributed by atoms with van der Waals surface area (Å²) in [5, 5.41) is 0. The van der Waals surface area contributed by atoms with Crippen molar-refractivity contribution in [3.8, 4) is 0 Å². The molecule has 15 heavy (non-hydrogen) atoms. The number of rotatable bonds is 3. The number of halogens is 1. The largest absolute Gasteiger partial charge is 0.381 e. The van der Waals surface area contributed by atoms with Crippen LogP contribution in [0.5, 0.6) is 0 Å². The Morgan fingerprint density at radius 2 is 1.80 bits per heavy atom. The summed E-state index contributed by atoms with van der Waals surface area (Å²) in [4.78, 5) is 0. The maximum Gasteiger partial charge on any atom is 0.0899 e. The molecule has 0 aromatic rings. The third-order valence-electron chi connectivity index (χ3n) is 4.79. The molecule has 90 valence electrons. The molecule has 1 nitrogen and oxygen atoms in total. The Balaban J connectivity index is 0.00000112. The van der Waals surface area contributed by atoms with Crippen molar-refractivity contribution in [2.75, 3.05) is 13.8 Å². The lowest BCUT2D eigenvalue weighted by Gasteiger charge is -2.43. The third kappa shape index (κ3) is 2.06. The number of hydrogen-bond acceptors (Lipinski definition) is 1. The molecule has 2 fully saturated rings. The second kappa shape index (κ2) is 4.82. The zero-order valence-electron chi connectivity index (χ0n) is 9.26. The van der Waals surface area contributed by atoms with Gasteiger partial charge >= 0.3 is 0 Å². The van der Waals surface area contributed by atoms with E-state index in [0.717, 1.165) is 19.3 Å². The molecule has 2 bridgehead atoms. The van der Waals surface area contributed by atoms with Gasteiger partial charge in [-0.2, -0.15) is 0 Å². The van der Waals surface area contributed by atoms with E-state index in [1.165, 1.54) is 12.8 Å². The first kappa shape index (κ1) is 13.0. The van der Waals surface area contributed by atoms with E-state index in [0.29, 0.717) is 17.9 Å². The lowest BCUT2D eigenvalue weighted by atomic mass is 9.64. The topological polar surface area (TPSA) is 9.23 Å². The van der Waals surface area contributed by atoms with Gasteiger partial charge in [0, 0.05) is 7.11 Å². The van der Waals surface area contributed by atoms with Crippen molar-refractivity contribution in [3.05, 3.63) is 0 Å². The number of fused-ring (bicyclic) bond motifs is 2. The van der Waals surface area contributed by atoms with E-state index < -0.39 is 0 Å². The number of hydrogen-bond donors (Lipinski definition) is 0. The first-order chi connectivity index (χ1) is 6.70. The quantitative estimate of drug-likeness (QED) is 0.697. The standard InChI is InChI=1S/C12H21FO.CH4/c1-12(5-6-13)9-3-4-10(12)8-11(7-9)14-2;/h9-11H,3-8H2,1-2H3;1H4. The Morgan fingerprint density at radius 3 is 2.20 bits per heavy atom.